The first kappa shape index (κ1) is 37.9. The lowest BCUT2D eigenvalue weighted by molar-refractivity contribution is -0.173. The van der Waals surface area contributed by atoms with Gasteiger partial charge in [0.2, 0.25) is 5.91 Å². The highest BCUT2D eigenvalue weighted by molar-refractivity contribution is 7.10. The molecule has 1 unspecified atom stereocenters. The minimum atomic E-state index is -2.96. The smallest absolute Gasteiger partial charge is 0.299 e. The Bertz CT molecular complexity index is 1400. The van der Waals surface area contributed by atoms with Gasteiger partial charge in [0.05, 0.1) is 26.3 Å². The number of rotatable bonds is 9. The summed E-state index contributed by atoms with van der Waals surface area (Å²) in [6, 6.07) is 12.8. The third-order valence-electron chi connectivity index (χ3n) is 7.14. The summed E-state index contributed by atoms with van der Waals surface area (Å²) in [6.07, 6.45) is 2.05. The second kappa shape index (κ2) is 18.0. The van der Waals surface area contributed by atoms with Crippen molar-refractivity contribution in [1.29, 1.82) is 0 Å². The zero-order chi connectivity index (χ0) is 33.6. The molecular formula is C35H46F2N2O5S. The van der Waals surface area contributed by atoms with Gasteiger partial charge in [-0.1, -0.05) is 64.1 Å². The number of thiophene rings is 1. The Morgan fingerprint density at radius 2 is 1.69 bits per heavy atom. The highest BCUT2D eigenvalue weighted by atomic mass is 32.1. The van der Waals surface area contributed by atoms with Crippen LogP contribution in [0.5, 0.6) is 0 Å². The van der Waals surface area contributed by atoms with Crippen molar-refractivity contribution in [2.75, 3.05) is 26.8 Å². The van der Waals surface area contributed by atoms with E-state index >= 15 is 0 Å². The summed E-state index contributed by atoms with van der Waals surface area (Å²) >= 11 is 1.68. The van der Waals surface area contributed by atoms with Gasteiger partial charge < -0.3 is 20.1 Å². The minimum Gasteiger partial charge on any atom is -0.351 e. The number of nitrogens with one attached hydrogen (secondary N) is 2. The molecule has 7 nitrogen and oxygen atoms in total. The molecule has 246 valence electrons. The largest absolute Gasteiger partial charge is 0.351 e. The second-order valence-electron chi connectivity index (χ2n) is 10.6. The molecule has 2 aromatic carbocycles. The number of ether oxygens (including phenoxy) is 2. The summed E-state index contributed by atoms with van der Waals surface area (Å²) in [4.78, 5) is 34.0. The molecule has 0 radical (unpaired) electrons. The van der Waals surface area contributed by atoms with E-state index in [4.69, 9.17) is 9.47 Å². The molecule has 10 heteroatoms. The van der Waals surface area contributed by atoms with Crippen LogP contribution >= 0.6 is 11.3 Å². The van der Waals surface area contributed by atoms with Crippen LogP contribution in [0.3, 0.4) is 0 Å². The number of alkyl halides is 2. The first-order valence-corrected chi connectivity index (χ1v) is 16.1. The molecule has 0 spiro atoms. The maximum atomic E-state index is 14.1. The zero-order valence-electron chi connectivity index (χ0n) is 27.3. The average Bonchev–Trinajstić information content (AvgIpc) is 3.74. The van der Waals surface area contributed by atoms with Crippen molar-refractivity contribution >= 4 is 29.3 Å². The maximum absolute atomic E-state index is 14.1. The summed E-state index contributed by atoms with van der Waals surface area (Å²) in [6.45, 7) is 13.9. The average molecular weight is 645 g/mol. The number of fused-ring (bicyclic) bond motifs is 3. The van der Waals surface area contributed by atoms with Gasteiger partial charge in [0.25, 0.3) is 5.92 Å². The van der Waals surface area contributed by atoms with Gasteiger partial charge in [-0.3, -0.25) is 14.4 Å². The summed E-state index contributed by atoms with van der Waals surface area (Å²) in [5.41, 5.74) is 2.61. The first-order chi connectivity index (χ1) is 21.5. The van der Waals surface area contributed by atoms with E-state index in [1.165, 1.54) is 34.7 Å². The van der Waals surface area contributed by atoms with Crippen LogP contribution in [-0.4, -0.2) is 50.6 Å². The Labute approximate surface area is 269 Å². The lowest BCUT2D eigenvalue weighted by Crippen LogP contribution is -2.37. The molecule has 1 aliphatic heterocycles. The Morgan fingerprint density at radius 3 is 2.22 bits per heavy atom. The van der Waals surface area contributed by atoms with Crippen LogP contribution in [0.4, 0.5) is 8.78 Å². The normalized spacial score (nSPS) is 15.4. The number of ketones is 1. The molecule has 45 heavy (non-hydrogen) atoms. The van der Waals surface area contributed by atoms with Gasteiger partial charge in [-0.05, 0) is 61.5 Å². The van der Waals surface area contributed by atoms with E-state index in [0.29, 0.717) is 55.7 Å². The molecular weight excluding hydrogens is 598 g/mol. The Hall–Kier alpha value is -3.31. The molecule has 3 aromatic rings. The van der Waals surface area contributed by atoms with Crippen LogP contribution in [0, 0.1) is 12.8 Å². The van der Waals surface area contributed by atoms with Crippen molar-refractivity contribution in [1.82, 2.24) is 10.6 Å². The Balaban J connectivity index is 0.000000256. The number of amides is 1. The lowest BCUT2D eigenvalue weighted by atomic mass is 9.98. The predicted molar refractivity (Wildman–Crippen MR) is 176 cm³/mol. The quantitative estimate of drug-likeness (QED) is 0.238. The van der Waals surface area contributed by atoms with Crippen LogP contribution in [0.1, 0.15) is 79.4 Å². The molecule has 1 saturated heterocycles. The fourth-order valence-electron chi connectivity index (χ4n) is 4.97. The van der Waals surface area contributed by atoms with Crippen LogP contribution < -0.4 is 10.6 Å². The number of aryl methyl sites for hydroxylation is 1. The van der Waals surface area contributed by atoms with Gasteiger partial charge in [-0.2, -0.15) is 8.78 Å². The van der Waals surface area contributed by atoms with E-state index in [1.807, 2.05) is 27.7 Å². The van der Waals surface area contributed by atoms with Crippen molar-refractivity contribution in [3.63, 3.8) is 0 Å². The van der Waals surface area contributed by atoms with E-state index in [1.54, 1.807) is 43.5 Å². The molecule has 1 amide bonds. The fourth-order valence-corrected chi connectivity index (χ4v) is 5.79. The van der Waals surface area contributed by atoms with Gasteiger partial charge in [0.15, 0.2) is 5.79 Å². The van der Waals surface area contributed by atoms with Gasteiger partial charge >= 0.3 is 0 Å². The zero-order valence-corrected chi connectivity index (χ0v) is 28.1. The number of likely N-dealkylation sites (N-methyl/N-ethyl adjacent to an activating group) is 1. The molecule has 1 aliphatic carbocycles. The Morgan fingerprint density at radius 1 is 1.04 bits per heavy atom. The second-order valence-corrected chi connectivity index (χ2v) is 11.6. The molecule has 0 saturated carbocycles. The number of carbonyl (C=O) groups is 3. The van der Waals surface area contributed by atoms with Crippen LogP contribution in [0.15, 0.2) is 53.9 Å². The van der Waals surface area contributed by atoms with Gasteiger partial charge in [0.1, 0.15) is 12.1 Å². The van der Waals surface area contributed by atoms with Gasteiger partial charge in [-0.25, -0.2) is 0 Å². The summed E-state index contributed by atoms with van der Waals surface area (Å²) in [5.74, 6) is -3.40. The number of aldehydes is 1. The predicted octanol–water partition coefficient (Wildman–Crippen LogP) is 7.29. The lowest BCUT2D eigenvalue weighted by Gasteiger charge is -2.28. The number of halogens is 2. The molecule has 1 fully saturated rings. The minimum absolute atomic E-state index is 0.0121. The number of carbonyl (C=O) groups excluding carboxylic acids is 3. The van der Waals surface area contributed by atoms with Gasteiger partial charge in [0, 0.05) is 33.9 Å². The standard InChI is InChI=1S/C15H23NO3S.C14H8F2O.C4H9NO.C2H6/c1-4-15(18-5-6-19-15)8-12(3)14(17)16-9-13-7-11(2)10-20-13;15-14(16)12-4-2-1-3-10(12)11-7-9(8-17)5-6-13(11)14;1-4(6)3-5-2;1-2/h7,10,12H,4-6,8-9H2,1-3H3,(H,16,17);1-8H;5H,3H2,1-2H3;1-2H3. The number of hydrogen-bond acceptors (Lipinski definition) is 7. The van der Waals surface area contributed by atoms with Crippen LogP contribution in [-0.2, 0) is 31.5 Å². The van der Waals surface area contributed by atoms with Crippen molar-refractivity contribution in [2.45, 2.75) is 72.6 Å². The third kappa shape index (κ3) is 10.4. The number of Topliss-reactive ketones (excluding diaryl/α,β-unsaturated/α-hetero) is 1. The highest BCUT2D eigenvalue weighted by Crippen LogP contribution is 2.50. The third-order valence-corrected chi connectivity index (χ3v) is 8.19. The van der Waals surface area contributed by atoms with Crippen molar-refractivity contribution in [3.8, 4) is 11.1 Å². The Kier molecular flexibility index (Phi) is 15.1. The topological polar surface area (TPSA) is 93.7 Å². The molecule has 2 heterocycles. The first-order valence-electron chi connectivity index (χ1n) is 15.3. The van der Waals surface area contributed by atoms with Crippen LogP contribution in [0.2, 0.25) is 0 Å². The molecule has 2 aliphatic rings. The molecule has 5 rings (SSSR count). The summed E-state index contributed by atoms with van der Waals surface area (Å²) in [5, 5.41) is 7.80. The van der Waals surface area contributed by atoms with Gasteiger partial charge in [-0.15, -0.1) is 11.3 Å². The highest BCUT2D eigenvalue weighted by Gasteiger charge is 2.44. The summed E-state index contributed by atoms with van der Waals surface area (Å²) < 4.78 is 39.5. The molecule has 0 bridgehead atoms. The fraction of sp³-hybridized carbons (Fsp3) is 0.457. The van der Waals surface area contributed by atoms with Crippen molar-refractivity contribution in [3.05, 3.63) is 81.0 Å². The van der Waals surface area contributed by atoms with E-state index in [9.17, 15) is 23.2 Å². The maximum Gasteiger partial charge on any atom is 0.299 e. The molecule has 1 aromatic heterocycles. The van der Waals surface area contributed by atoms with E-state index in [0.717, 1.165) is 6.42 Å². The monoisotopic (exact) mass is 644 g/mol. The summed E-state index contributed by atoms with van der Waals surface area (Å²) in [7, 11) is 1.75. The number of hydrogen-bond donors (Lipinski definition) is 2. The molecule has 2 N–H and O–H groups in total. The SMILES string of the molecule is CC.CCC1(CC(C)C(=O)NCc2cc(C)cs2)OCCO1.CNCC(C)=O.O=Cc1ccc2c(c1)-c1ccccc1C2(F)F. The number of benzene rings is 2. The van der Waals surface area contributed by atoms with E-state index < -0.39 is 11.7 Å². The van der Waals surface area contributed by atoms with Crippen molar-refractivity contribution in [2.24, 2.45) is 5.92 Å². The van der Waals surface area contributed by atoms with Crippen LogP contribution in [0.25, 0.3) is 11.1 Å². The molecule has 1 atom stereocenters. The van der Waals surface area contributed by atoms with E-state index in [-0.39, 0.29) is 28.7 Å². The van der Waals surface area contributed by atoms with E-state index in [2.05, 4.69) is 29.0 Å². The van der Waals surface area contributed by atoms with Crippen molar-refractivity contribution < 1.29 is 32.6 Å².